The molecular formula is C32H21Cl2N5O2. The molecule has 1 saturated heterocycles. The number of para-hydroxylation sites is 2. The number of imide groups is 1. The normalized spacial score (nSPS) is 24.1. The van der Waals surface area contributed by atoms with Gasteiger partial charge in [0.05, 0.1) is 39.0 Å². The number of nitrogens with one attached hydrogen (secondary N) is 2. The van der Waals surface area contributed by atoms with Crippen LogP contribution in [0.3, 0.4) is 0 Å². The van der Waals surface area contributed by atoms with Crippen LogP contribution in [0.1, 0.15) is 28.2 Å². The summed E-state index contributed by atoms with van der Waals surface area (Å²) in [6, 6.07) is 28.6. The Morgan fingerprint density at radius 3 is 2.27 bits per heavy atom. The Kier molecular flexibility index (Phi) is 5.21. The zero-order chi connectivity index (χ0) is 27.9. The van der Waals surface area contributed by atoms with Crippen LogP contribution in [-0.4, -0.2) is 28.0 Å². The number of rotatable bonds is 4. The number of H-pyrrole nitrogens is 1. The fourth-order valence-electron chi connectivity index (χ4n) is 7.15. The average molecular weight is 578 g/mol. The molecule has 2 bridgehead atoms. The van der Waals surface area contributed by atoms with E-state index in [2.05, 4.69) is 32.6 Å². The molecule has 1 aliphatic heterocycles. The number of imidazole rings is 1. The topological polar surface area (TPSA) is 90.5 Å². The van der Waals surface area contributed by atoms with Crippen LogP contribution < -0.4 is 10.3 Å². The summed E-state index contributed by atoms with van der Waals surface area (Å²) in [6.07, 6.45) is 1.78. The predicted octanol–water partition coefficient (Wildman–Crippen LogP) is 6.52. The minimum Gasteiger partial charge on any atom is -0.323 e. The third-order valence-corrected chi connectivity index (χ3v) is 9.20. The monoisotopic (exact) mass is 577 g/mol. The van der Waals surface area contributed by atoms with Crippen LogP contribution in [-0.2, 0) is 15.0 Å². The molecule has 0 unspecified atom stereocenters. The molecule has 0 saturated carbocycles. The summed E-state index contributed by atoms with van der Waals surface area (Å²) in [4.78, 5) is 37.8. The first-order valence-corrected chi connectivity index (χ1v) is 14.0. The first kappa shape index (κ1) is 24.3. The number of aromatic nitrogens is 2. The number of nitrogens with zero attached hydrogens (tertiary/aromatic N) is 3. The largest absolute Gasteiger partial charge is 0.323 e. The lowest BCUT2D eigenvalue weighted by Gasteiger charge is -2.52. The highest BCUT2D eigenvalue weighted by atomic mass is 35.5. The van der Waals surface area contributed by atoms with Crippen molar-refractivity contribution in [3.8, 4) is 0 Å². The van der Waals surface area contributed by atoms with Crippen LogP contribution in [0.15, 0.2) is 96.1 Å². The number of anilines is 2. The number of benzene rings is 4. The molecule has 0 spiro atoms. The number of hydrogen-bond acceptors (Lipinski definition) is 5. The summed E-state index contributed by atoms with van der Waals surface area (Å²) < 4.78 is 0. The van der Waals surface area contributed by atoms with Crippen molar-refractivity contribution in [1.82, 2.24) is 9.97 Å². The summed E-state index contributed by atoms with van der Waals surface area (Å²) in [6.45, 7) is 0. The van der Waals surface area contributed by atoms with Crippen LogP contribution in [0.25, 0.3) is 11.0 Å². The maximum atomic E-state index is 14.5. The van der Waals surface area contributed by atoms with Crippen molar-refractivity contribution in [3.63, 3.8) is 0 Å². The van der Waals surface area contributed by atoms with Crippen LogP contribution in [0, 0.1) is 11.8 Å². The number of amides is 2. The molecule has 3 aliphatic carbocycles. The number of fused-ring (bicyclic) bond motifs is 1. The summed E-state index contributed by atoms with van der Waals surface area (Å²) in [5.74, 6) is -1.74. The molecule has 2 heterocycles. The van der Waals surface area contributed by atoms with Gasteiger partial charge < -0.3 is 4.98 Å². The summed E-state index contributed by atoms with van der Waals surface area (Å²) in [7, 11) is 0. The Morgan fingerprint density at radius 2 is 1.56 bits per heavy atom. The molecule has 41 heavy (non-hydrogen) atoms. The number of hydrazone groups is 1. The highest BCUT2D eigenvalue weighted by molar-refractivity contribution is 6.38. The van der Waals surface area contributed by atoms with Gasteiger partial charge in [0.2, 0.25) is 17.8 Å². The highest BCUT2D eigenvalue weighted by Gasteiger charge is 2.68. The maximum Gasteiger partial charge on any atom is 0.239 e. The average Bonchev–Trinajstić information content (AvgIpc) is 3.52. The predicted molar refractivity (Wildman–Crippen MR) is 160 cm³/mol. The van der Waals surface area contributed by atoms with Crippen LogP contribution in [0.5, 0.6) is 0 Å². The van der Waals surface area contributed by atoms with E-state index in [0.29, 0.717) is 16.7 Å². The second-order valence-electron chi connectivity index (χ2n) is 10.6. The molecule has 9 heteroatoms. The Labute approximate surface area is 244 Å². The van der Waals surface area contributed by atoms with Gasteiger partial charge in [-0.15, -0.1) is 0 Å². The van der Waals surface area contributed by atoms with Crippen molar-refractivity contribution >= 4 is 63.9 Å². The molecule has 5 aromatic rings. The molecule has 2 amide bonds. The molecule has 4 aliphatic rings. The van der Waals surface area contributed by atoms with Gasteiger partial charge in [0.1, 0.15) is 0 Å². The van der Waals surface area contributed by atoms with Gasteiger partial charge in [0.25, 0.3) is 0 Å². The van der Waals surface area contributed by atoms with Crippen molar-refractivity contribution in [3.05, 3.63) is 123 Å². The number of carbonyl (C=O) groups is 2. The van der Waals surface area contributed by atoms with Crippen LogP contribution in [0.4, 0.5) is 11.6 Å². The maximum absolute atomic E-state index is 14.5. The molecule has 0 radical (unpaired) electrons. The summed E-state index contributed by atoms with van der Waals surface area (Å²) in [5.41, 5.74) is 8.02. The second-order valence-corrected chi connectivity index (χ2v) is 11.4. The van der Waals surface area contributed by atoms with Gasteiger partial charge in [-0.3, -0.25) is 9.59 Å². The molecule has 2 N–H and O–H groups in total. The van der Waals surface area contributed by atoms with Gasteiger partial charge in [0, 0.05) is 17.2 Å². The molecule has 1 aromatic heterocycles. The highest BCUT2D eigenvalue weighted by Crippen LogP contribution is 2.63. The van der Waals surface area contributed by atoms with Crippen molar-refractivity contribution in [1.29, 1.82) is 0 Å². The first-order chi connectivity index (χ1) is 20.0. The zero-order valence-electron chi connectivity index (χ0n) is 21.4. The standard InChI is InChI=1S/C32H21Cl2N5O2/c33-17-13-14-25(22(34)15-17)39-29(40)27-26-18-7-1-3-9-20(18)32(28(27)30(39)41,21-10-4-2-8-19(21)26)16-35-38-31-36-23-11-5-6-12-24(23)37-31/h1-16,26-28H,(H2,36,37,38)/b35-16-/t26?,27-,28+,32?/m0/s1. The van der Waals surface area contributed by atoms with Crippen molar-refractivity contribution in [2.75, 3.05) is 10.3 Å². The number of carbonyl (C=O) groups excluding carboxylic acids is 2. The Balaban J connectivity index is 1.32. The summed E-state index contributed by atoms with van der Waals surface area (Å²) in [5, 5.41) is 5.35. The van der Waals surface area contributed by atoms with Gasteiger partial charge in [-0.2, -0.15) is 5.10 Å². The van der Waals surface area contributed by atoms with Gasteiger partial charge in [-0.25, -0.2) is 15.3 Å². The number of hydrogen-bond donors (Lipinski definition) is 2. The zero-order valence-corrected chi connectivity index (χ0v) is 22.9. The van der Waals surface area contributed by atoms with Crippen LogP contribution in [0.2, 0.25) is 10.0 Å². The molecule has 2 atom stereocenters. The fraction of sp³-hybridized carbons (Fsp3) is 0.125. The lowest BCUT2D eigenvalue weighted by molar-refractivity contribution is -0.122. The molecule has 9 rings (SSSR count). The third-order valence-electron chi connectivity index (χ3n) is 8.66. The SMILES string of the molecule is O=C1[C@H]2C3c4ccccc4C(/C=N\Nc4nc5ccccc5[nH]4)(c4ccccc43)[C@H]2C(=O)N1c1ccc(Cl)cc1Cl. The van der Waals surface area contributed by atoms with E-state index in [1.807, 2.05) is 60.7 Å². The molecule has 200 valence electrons. The van der Waals surface area contributed by atoms with E-state index >= 15 is 0 Å². The van der Waals surface area contributed by atoms with Crippen molar-refractivity contribution < 1.29 is 9.59 Å². The summed E-state index contributed by atoms with van der Waals surface area (Å²) >= 11 is 12.7. The lowest BCUT2D eigenvalue weighted by Crippen LogP contribution is -2.54. The minimum absolute atomic E-state index is 0.245. The van der Waals surface area contributed by atoms with Gasteiger partial charge in [0.15, 0.2) is 0 Å². The quantitative estimate of drug-likeness (QED) is 0.144. The van der Waals surface area contributed by atoms with E-state index < -0.39 is 17.3 Å². The second kappa shape index (κ2) is 8.77. The third kappa shape index (κ3) is 3.27. The van der Waals surface area contributed by atoms with Gasteiger partial charge in [-0.1, -0.05) is 83.9 Å². The van der Waals surface area contributed by atoms with E-state index in [9.17, 15) is 9.59 Å². The van der Waals surface area contributed by atoms with Gasteiger partial charge in [-0.05, 0) is 52.6 Å². The van der Waals surface area contributed by atoms with E-state index in [0.717, 1.165) is 33.3 Å². The number of halogens is 2. The smallest absolute Gasteiger partial charge is 0.239 e. The molecule has 4 aromatic carbocycles. The minimum atomic E-state index is -1.01. The van der Waals surface area contributed by atoms with E-state index in [4.69, 9.17) is 23.2 Å². The number of aromatic amines is 1. The molecule has 7 nitrogen and oxygen atoms in total. The Morgan fingerprint density at radius 1 is 0.878 bits per heavy atom. The first-order valence-electron chi connectivity index (χ1n) is 13.3. The molecule has 1 fully saturated rings. The Hall–Kier alpha value is -4.46. The van der Waals surface area contributed by atoms with Crippen molar-refractivity contribution in [2.45, 2.75) is 11.3 Å². The lowest BCUT2D eigenvalue weighted by atomic mass is 9.47. The molecular weight excluding hydrogens is 557 g/mol. The van der Waals surface area contributed by atoms with Crippen molar-refractivity contribution in [2.24, 2.45) is 16.9 Å². The van der Waals surface area contributed by atoms with Crippen LogP contribution >= 0.6 is 23.2 Å². The Bertz CT molecular complexity index is 1870. The fourth-order valence-corrected chi connectivity index (χ4v) is 7.64. The van der Waals surface area contributed by atoms with E-state index in [-0.39, 0.29) is 22.8 Å². The van der Waals surface area contributed by atoms with E-state index in [1.165, 1.54) is 4.90 Å². The van der Waals surface area contributed by atoms with Gasteiger partial charge >= 0.3 is 0 Å². The van der Waals surface area contributed by atoms with E-state index in [1.54, 1.807) is 24.4 Å².